The molecular weight excluding hydrogens is 214 g/mol. The number of hydrogen-bond donors (Lipinski definition) is 1. The smallest absolute Gasteiger partial charge is 0.336 e. The highest BCUT2D eigenvalue weighted by atomic mass is 16.4. The standard InChI is InChI=1S/C14H9NO2/c16-14(17)11-6-5-10-8-15-13-4-2-1-3-9(13)7-12(10)11/h1-8H,(H,16,17). The fraction of sp³-hybridized carbons (Fsp3) is 0. The van der Waals surface area contributed by atoms with Gasteiger partial charge in [0.25, 0.3) is 0 Å². The van der Waals surface area contributed by atoms with Crippen LogP contribution in [-0.2, 0) is 0 Å². The number of carboxylic acid groups (broad SMARTS) is 1. The summed E-state index contributed by atoms with van der Waals surface area (Å²) in [6, 6.07) is 12.9. The van der Waals surface area contributed by atoms with Crippen molar-refractivity contribution in [2.24, 2.45) is 0 Å². The molecule has 3 rings (SSSR count). The summed E-state index contributed by atoms with van der Waals surface area (Å²) in [5.74, 6) is -0.907. The van der Waals surface area contributed by atoms with Gasteiger partial charge in [0.05, 0.1) is 11.1 Å². The van der Waals surface area contributed by atoms with Crippen LogP contribution in [0.2, 0.25) is 0 Å². The number of para-hydroxylation sites is 1. The molecule has 0 fully saturated rings. The molecule has 0 unspecified atom stereocenters. The first-order valence-electron chi connectivity index (χ1n) is 5.26. The van der Waals surface area contributed by atoms with Gasteiger partial charge in [-0.1, -0.05) is 24.3 Å². The fourth-order valence-electron chi connectivity index (χ4n) is 1.99. The third kappa shape index (κ3) is 1.52. The zero-order valence-electron chi connectivity index (χ0n) is 8.92. The zero-order valence-corrected chi connectivity index (χ0v) is 8.92. The van der Waals surface area contributed by atoms with Gasteiger partial charge in [-0.15, -0.1) is 0 Å². The van der Waals surface area contributed by atoms with Crippen molar-refractivity contribution in [1.82, 2.24) is 4.98 Å². The van der Waals surface area contributed by atoms with Crippen molar-refractivity contribution in [3.63, 3.8) is 0 Å². The monoisotopic (exact) mass is 223 g/mol. The SMILES string of the molecule is O=C(O)c1ccc2cnc3ccccc3cc1-2. The number of rotatable bonds is 1. The molecule has 0 atom stereocenters. The van der Waals surface area contributed by atoms with Crippen LogP contribution in [0.4, 0.5) is 0 Å². The summed E-state index contributed by atoms with van der Waals surface area (Å²) < 4.78 is 0. The molecule has 0 saturated heterocycles. The van der Waals surface area contributed by atoms with Crippen LogP contribution in [0.3, 0.4) is 0 Å². The van der Waals surface area contributed by atoms with Gasteiger partial charge in [0.2, 0.25) is 0 Å². The number of aromatic carboxylic acids is 1. The van der Waals surface area contributed by atoms with Crippen LogP contribution in [-0.4, -0.2) is 16.1 Å². The maximum atomic E-state index is 11.1. The summed E-state index contributed by atoms with van der Waals surface area (Å²) in [5, 5.41) is 10.0. The third-order valence-corrected chi connectivity index (χ3v) is 2.84. The average molecular weight is 223 g/mol. The predicted octanol–water partition coefficient (Wildman–Crippen LogP) is 3.04. The highest BCUT2D eigenvalue weighted by molar-refractivity contribution is 5.99. The van der Waals surface area contributed by atoms with Gasteiger partial charge in [0.15, 0.2) is 0 Å². The van der Waals surface area contributed by atoms with E-state index in [0.29, 0.717) is 5.56 Å². The first-order chi connectivity index (χ1) is 8.25. The summed E-state index contributed by atoms with van der Waals surface area (Å²) in [4.78, 5) is 15.4. The lowest BCUT2D eigenvalue weighted by molar-refractivity contribution is 0.0698. The first kappa shape index (κ1) is 9.78. The summed E-state index contributed by atoms with van der Waals surface area (Å²) in [6.07, 6.45) is 1.71. The fourth-order valence-corrected chi connectivity index (χ4v) is 1.99. The van der Waals surface area contributed by atoms with Crippen molar-refractivity contribution in [2.75, 3.05) is 0 Å². The Balaban J connectivity index is 2.41. The van der Waals surface area contributed by atoms with Crippen LogP contribution < -0.4 is 0 Å². The Morgan fingerprint density at radius 2 is 1.94 bits per heavy atom. The second-order valence-electron chi connectivity index (χ2n) is 3.88. The molecule has 1 aromatic carbocycles. The summed E-state index contributed by atoms with van der Waals surface area (Å²) in [5.41, 5.74) is 2.76. The van der Waals surface area contributed by atoms with E-state index in [9.17, 15) is 4.79 Å². The number of carbonyl (C=O) groups is 1. The molecule has 0 aromatic heterocycles. The average Bonchev–Trinajstić information content (AvgIpc) is 2.63. The Hall–Kier alpha value is -2.42. The number of hydrogen-bond acceptors (Lipinski definition) is 2. The molecule has 3 heteroatoms. The lowest BCUT2D eigenvalue weighted by Crippen LogP contribution is -1.94. The molecule has 3 nitrogen and oxygen atoms in total. The largest absolute Gasteiger partial charge is 0.478 e. The minimum absolute atomic E-state index is 0.322. The van der Waals surface area contributed by atoms with E-state index in [1.165, 1.54) is 0 Å². The van der Waals surface area contributed by atoms with Gasteiger partial charge in [-0.3, -0.25) is 4.98 Å². The molecule has 1 aliphatic heterocycles. The van der Waals surface area contributed by atoms with Crippen molar-refractivity contribution in [2.45, 2.75) is 0 Å². The van der Waals surface area contributed by atoms with Gasteiger partial charge in [-0.2, -0.15) is 0 Å². The van der Waals surface area contributed by atoms with E-state index in [1.54, 1.807) is 18.3 Å². The molecule has 0 amide bonds. The molecule has 1 heterocycles. The van der Waals surface area contributed by atoms with Crippen LogP contribution in [0.15, 0.2) is 48.7 Å². The Bertz CT molecular complexity index is 691. The Morgan fingerprint density at radius 1 is 1.12 bits per heavy atom. The van der Waals surface area contributed by atoms with Crippen molar-refractivity contribution in [1.29, 1.82) is 0 Å². The molecule has 0 radical (unpaired) electrons. The van der Waals surface area contributed by atoms with Crippen LogP contribution in [0.1, 0.15) is 10.4 Å². The van der Waals surface area contributed by atoms with Crippen LogP contribution in [0.5, 0.6) is 0 Å². The van der Waals surface area contributed by atoms with Gasteiger partial charge in [-0.05, 0) is 23.8 Å². The Labute approximate surface area is 97.7 Å². The Kier molecular flexibility index (Phi) is 2.05. The van der Waals surface area contributed by atoms with E-state index in [4.69, 9.17) is 5.11 Å². The maximum Gasteiger partial charge on any atom is 0.336 e. The predicted molar refractivity (Wildman–Crippen MR) is 65.3 cm³/mol. The number of aromatic nitrogens is 1. The van der Waals surface area contributed by atoms with Crippen molar-refractivity contribution in [3.05, 3.63) is 54.2 Å². The molecule has 2 aliphatic rings. The number of carboxylic acids is 1. The zero-order chi connectivity index (χ0) is 11.8. The lowest BCUT2D eigenvalue weighted by Gasteiger charge is -1.94. The van der Waals surface area contributed by atoms with E-state index in [-0.39, 0.29) is 0 Å². The number of benzene rings is 1. The van der Waals surface area contributed by atoms with Gasteiger partial charge in [0.1, 0.15) is 0 Å². The Morgan fingerprint density at radius 3 is 2.76 bits per heavy atom. The van der Waals surface area contributed by atoms with E-state index in [2.05, 4.69) is 4.98 Å². The van der Waals surface area contributed by atoms with Crippen LogP contribution >= 0.6 is 0 Å². The normalized spacial score (nSPS) is 10.8. The van der Waals surface area contributed by atoms with E-state index in [1.807, 2.05) is 30.3 Å². The minimum atomic E-state index is -0.907. The molecular formula is C14H9NO2. The minimum Gasteiger partial charge on any atom is -0.478 e. The highest BCUT2D eigenvalue weighted by Gasteiger charge is 2.14. The molecule has 82 valence electrons. The second kappa shape index (κ2) is 3.56. The lowest BCUT2D eigenvalue weighted by atomic mass is 10.1. The van der Waals surface area contributed by atoms with Gasteiger partial charge < -0.3 is 5.11 Å². The molecule has 1 aromatic rings. The molecule has 0 saturated carbocycles. The van der Waals surface area contributed by atoms with Crippen molar-refractivity contribution >= 4 is 16.9 Å². The first-order valence-corrected chi connectivity index (χ1v) is 5.26. The summed E-state index contributed by atoms with van der Waals surface area (Å²) >= 11 is 0. The maximum absolute atomic E-state index is 11.1. The van der Waals surface area contributed by atoms with E-state index < -0.39 is 5.97 Å². The van der Waals surface area contributed by atoms with E-state index in [0.717, 1.165) is 22.0 Å². The quantitative estimate of drug-likeness (QED) is 0.689. The topological polar surface area (TPSA) is 50.2 Å². The van der Waals surface area contributed by atoms with Crippen LogP contribution in [0.25, 0.3) is 22.0 Å². The second-order valence-corrected chi connectivity index (χ2v) is 3.88. The summed E-state index contributed by atoms with van der Waals surface area (Å²) in [6.45, 7) is 0. The van der Waals surface area contributed by atoms with Gasteiger partial charge in [0, 0.05) is 17.1 Å². The molecule has 0 bridgehead atoms. The van der Waals surface area contributed by atoms with Crippen molar-refractivity contribution < 1.29 is 9.90 Å². The van der Waals surface area contributed by atoms with Crippen LogP contribution in [0, 0.1) is 0 Å². The number of fused-ring (bicyclic) bond motifs is 2. The van der Waals surface area contributed by atoms with Gasteiger partial charge >= 0.3 is 5.97 Å². The molecule has 1 aliphatic carbocycles. The van der Waals surface area contributed by atoms with Crippen molar-refractivity contribution in [3.8, 4) is 11.1 Å². The third-order valence-electron chi connectivity index (χ3n) is 2.84. The molecule has 1 N–H and O–H groups in total. The number of nitrogens with zero attached hydrogens (tertiary/aromatic N) is 1. The summed E-state index contributed by atoms with van der Waals surface area (Å²) in [7, 11) is 0. The molecule has 17 heavy (non-hydrogen) atoms. The molecule has 0 spiro atoms. The van der Waals surface area contributed by atoms with E-state index >= 15 is 0 Å². The van der Waals surface area contributed by atoms with Gasteiger partial charge in [-0.25, -0.2) is 4.79 Å². The highest BCUT2D eigenvalue weighted by Crippen LogP contribution is 2.28.